The maximum Gasteiger partial charge on any atom is 0.410 e. The van der Waals surface area contributed by atoms with Gasteiger partial charge < -0.3 is 9.64 Å². The summed E-state index contributed by atoms with van der Waals surface area (Å²) in [7, 11) is 0. The number of aryl methyl sites for hydroxylation is 1. The summed E-state index contributed by atoms with van der Waals surface area (Å²) < 4.78 is 5.46. The van der Waals surface area contributed by atoms with Gasteiger partial charge in [-0.05, 0) is 27.7 Å². The molecule has 1 N–H and O–H groups in total. The first kappa shape index (κ1) is 21.7. The van der Waals surface area contributed by atoms with Gasteiger partial charge in [0.25, 0.3) is 5.91 Å². The van der Waals surface area contributed by atoms with E-state index in [1.165, 1.54) is 22.7 Å². The first-order chi connectivity index (χ1) is 13.3. The molecule has 0 saturated carbocycles. The quantitative estimate of drug-likeness (QED) is 0.734. The van der Waals surface area contributed by atoms with Crippen molar-refractivity contribution in [3.8, 4) is 0 Å². The number of ether oxygens (including phenoxy) is 1. The topological polar surface area (TPSA) is 84.4 Å². The van der Waals surface area contributed by atoms with Crippen molar-refractivity contribution in [3.63, 3.8) is 0 Å². The molecule has 3 rings (SSSR count). The number of fused-ring (bicyclic) bond motifs is 1. The second kappa shape index (κ2) is 7.68. The minimum atomic E-state index is -0.525. The Balaban J connectivity index is 1.70. The lowest BCUT2D eigenvalue weighted by atomic mass is 9.98. The van der Waals surface area contributed by atoms with Crippen LogP contribution in [0.3, 0.4) is 0 Å². The van der Waals surface area contributed by atoms with Gasteiger partial charge in [-0.3, -0.25) is 10.1 Å². The van der Waals surface area contributed by atoms with Gasteiger partial charge in [0.2, 0.25) is 0 Å². The molecule has 7 nitrogen and oxygen atoms in total. The van der Waals surface area contributed by atoms with Gasteiger partial charge in [-0.1, -0.05) is 32.1 Å². The number of amides is 2. The molecular formula is C20H28N4O3S2. The average molecular weight is 437 g/mol. The maximum atomic E-state index is 12.8. The largest absolute Gasteiger partial charge is 0.444 e. The lowest BCUT2D eigenvalue weighted by Gasteiger charge is -2.29. The van der Waals surface area contributed by atoms with Crippen LogP contribution in [-0.2, 0) is 23.1 Å². The lowest BCUT2D eigenvalue weighted by molar-refractivity contribution is 0.0225. The van der Waals surface area contributed by atoms with Crippen molar-refractivity contribution in [3.05, 3.63) is 26.1 Å². The highest BCUT2D eigenvalue weighted by Crippen LogP contribution is 2.32. The number of hydrogen-bond donors (Lipinski definition) is 1. The normalized spacial score (nSPS) is 14.5. The number of carbonyl (C=O) groups is 2. The van der Waals surface area contributed by atoms with Crippen LogP contribution in [0.2, 0.25) is 0 Å². The molecule has 2 aromatic rings. The zero-order valence-corrected chi connectivity index (χ0v) is 19.6. The van der Waals surface area contributed by atoms with E-state index >= 15 is 0 Å². The number of nitrogens with zero attached hydrogens (tertiary/aromatic N) is 3. The van der Waals surface area contributed by atoms with Crippen molar-refractivity contribution in [2.24, 2.45) is 0 Å². The summed E-state index contributed by atoms with van der Waals surface area (Å²) in [6.07, 6.45) is 0.325. The number of anilines is 1. The number of rotatable bonds is 2. The summed E-state index contributed by atoms with van der Waals surface area (Å²) in [5, 5.41) is 4.40. The van der Waals surface area contributed by atoms with Crippen LogP contribution in [-0.4, -0.2) is 39.0 Å². The van der Waals surface area contributed by atoms with Gasteiger partial charge in [0.1, 0.15) is 10.5 Å². The molecule has 0 radical (unpaired) electrons. The summed E-state index contributed by atoms with van der Waals surface area (Å²) in [5.41, 5.74) is 1.04. The summed E-state index contributed by atoms with van der Waals surface area (Å²) in [5.74, 6) is -0.189. The molecule has 0 bridgehead atoms. The molecule has 0 atom stereocenters. The molecule has 0 aromatic carbocycles. The summed E-state index contributed by atoms with van der Waals surface area (Å²) >= 11 is 2.83. The number of nitrogens with one attached hydrogen (secondary N) is 1. The molecule has 0 saturated heterocycles. The molecule has 2 amide bonds. The minimum absolute atomic E-state index is 0.0979. The van der Waals surface area contributed by atoms with Crippen molar-refractivity contribution < 1.29 is 14.3 Å². The molecule has 1 aliphatic rings. The maximum absolute atomic E-state index is 12.8. The molecular weight excluding hydrogens is 408 g/mol. The van der Waals surface area contributed by atoms with E-state index in [4.69, 9.17) is 4.74 Å². The summed E-state index contributed by atoms with van der Waals surface area (Å²) in [6, 6.07) is 0. The first-order valence-electron chi connectivity index (χ1n) is 9.59. The van der Waals surface area contributed by atoms with Gasteiger partial charge in [0.05, 0.1) is 22.9 Å². The van der Waals surface area contributed by atoms with Crippen molar-refractivity contribution >= 4 is 39.8 Å². The Morgan fingerprint density at radius 3 is 2.38 bits per heavy atom. The molecule has 2 aromatic heterocycles. The van der Waals surface area contributed by atoms with Crippen LogP contribution in [0.4, 0.5) is 9.93 Å². The van der Waals surface area contributed by atoms with E-state index in [1.807, 2.05) is 27.7 Å². The van der Waals surface area contributed by atoms with Crippen LogP contribution in [0, 0.1) is 6.92 Å². The van der Waals surface area contributed by atoms with Gasteiger partial charge in [0, 0.05) is 23.3 Å². The second-order valence-corrected chi connectivity index (χ2v) is 11.3. The number of hydrogen-bond acceptors (Lipinski definition) is 7. The Hall–Kier alpha value is -2.00. The Kier molecular flexibility index (Phi) is 5.75. The molecule has 29 heavy (non-hydrogen) atoms. The van der Waals surface area contributed by atoms with E-state index in [9.17, 15) is 9.59 Å². The predicted molar refractivity (Wildman–Crippen MR) is 116 cm³/mol. The molecule has 0 fully saturated rings. The molecule has 3 heterocycles. The van der Waals surface area contributed by atoms with Crippen LogP contribution in [0.25, 0.3) is 0 Å². The highest BCUT2D eigenvalue weighted by molar-refractivity contribution is 7.16. The SMILES string of the molecule is Cc1nc(C(C)(C)C)sc1C(=O)Nc1nc2c(s1)CN(C(=O)OC(C)(C)C)CC2. The van der Waals surface area contributed by atoms with Crippen LogP contribution >= 0.6 is 22.7 Å². The third-order valence-electron chi connectivity index (χ3n) is 4.25. The van der Waals surface area contributed by atoms with E-state index in [0.717, 1.165) is 21.3 Å². The Morgan fingerprint density at radius 2 is 1.79 bits per heavy atom. The average Bonchev–Trinajstić information content (AvgIpc) is 3.14. The minimum Gasteiger partial charge on any atom is -0.444 e. The van der Waals surface area contributed by atoms with E-state index < -0.39 is 5.60 Å². The Bertz CT molecular complexity index is 935. The van der Waals surface area contributed by atoms with E-state index in [2.05, 4.69) is 36.1 Å². The van der Waals surface area contributed by atoms with Crippen LogP contribution < -0.4 is 5.32 Å². The predicted octanol–water partition coefficient (Wildman–Crippen LogP) is 4.75. The zero-order chi connectivity index (χ0) is 21.6. The number of aromatic nitrogens is 2. The first-order valence-corrected chi connectivity index (χ1v) is 11.2. The van der Waals surface area contributed by atoms with Gasteiger partial charge >= 0.3 is 6.09 Å². The molecule has 0 unspecified atom stereocenters. The fourth-order valence-corrected chi connectivity index (χ4v) is 4.85. The fraction of sp³-hybridized carbons (Fsp3) is 0.600. The zero-order valence-electron chi connectivity index (χ0n) is 18.0. The lowest BCUT2D eigenvalue weighted by Crippen LogP contribution is -2.39. The number of thiazole rings is 2. The van der Waals surface area contributed by atoms with Crippen LogP contribution in [0.5, 0.6) is 0 Å². The van der Waals surface area contributed by atoms with Gasteiger partial charge in [-0.15, -0.1) is 11.3 Å². The Labute approximate surface area is 179 Å². The van der Waals surface area contributed by atoms with Crippen molar-refractivity contribution in [2.75, 3.05) is 11.9 Å². The van der Waals surface area contributed by atoms with Gasteiger partial charge in [0.15, 0.2) is 5.13 Å². The van der Waals surface area contributed by atoms with Crippen LogP contribution in [0.1, 0.15) is 72.5 Å². The van der Waals surface area contributed by atoms with Crippen molar-refractivity contribution in [1.82, 2.24) is 14.9 Å². The smallest absolute Gasteiger partial charge is 0.410 e. The summed E-state index contributed by atoms with van der Waals surface area (Å²) in [4.78, 5) is 37.5. The molecule has 158 valence electrons. The summed E-state index contributed by atoms with van der Waals surface area (Å²) in [6.45, 7) is 14.7. The van der Waals surface area contributed by atoms with E-state index in [-0.39, 0.29) is 17.4 Å². The third-order valence-corrected chi connectivity index (χ3v) is 6.83. The van der Waals surface area contributed by atoms with E-state index in [1.54, 1.807) is 4.90 Å². The second-order valence-electron chi connectivity index (χ2n) is 9.18. The highest BCUT2D eigenvalue weighted by Gasteiger charge is 2.29. The Morgan fingerprint density at radius 1 is 1.10 bits per heavy atom. The van der Waals surface area contributed by atoms with Crippen molar-refractivity contribution in [1.29, 1.82) is 0 Å². The van der Waals surface area contributed by atoms with Gasteiger partial charge in [-0.2, -0.15) is 0 Å². The monoisotopic (exact) mass is 436 g/mol. The highest BCUT2D eigenvalue weighted by atomic mass is 32.1. The molecule has 9 heteroatoms. The molecule has 0 aliphatic carbocycles. The third kappa shape index (κ3) is 5.14. The van der Waals surface area contributed by atoms with Crippen LogP contribution in [0.15, 0.2) is 0 Å². The number of carbonyl (C=O) groups excluding carboxylic acids is 2. The standard InChI is InChI=1S/C20H28N4O3S2/c1-11-14(29-16(21-11)19(2,3)4)15(25)23-17-22-12-8-9-24(10-13(12)28-17)18(26)27-20(5,6)7/h8-10H2,1-7H3,(H,22,23,25). The van der Waals surface area contributed by atoms with E-state index in [0.29, 0.717) is 29.5 Å². The molecule has 0 spiro atoms. The van der Waals surface area contributed by atoms with Crippen molar-refractivity contribution in [2.45, 2.75) is 72.4 Å². The van der Waals surface area contributed by atoms with Gasteiger partial charge in [-0.25, -0.2) is 14.8 Å². The molecule has 1 aliphatic heterocycles. The fourth-order valence-electron chi connectivity index (χ4n) is 2.81.